The van der Waals surface area contributed by atoms with E-state index in [1.165, 1.54) is 6.07 Å². The maximum Gasteiger partial charge on any atom is 0.251 e. The molecule has 148 valence electrons. The lowest BCUT2D eigenvalue weighted by molar-refractivity contribution is 0.0933. The van der Waals surface area contributed by atoms with Crippen LogP contribution in [0, 0.1) is 11.7 Å². The Kier molecular flexibility index (Phi) is 9.10. The molecule has 2 fully saturated rings. The average molecular weight is 407 g/mol. The monoisotopic (exact) mass is 406 g/mol. The summed E-state index contributed by atoms with van der Waals surface area (Å²) in [6, 6.07) is 4.78. The number of anilines is 1. The fraction of sp³-hybridized carbons (Fsp3) is 0.611. The molecule has 2 aliphatic rings. The van der Waals surface area contributed by atoms with Gasteiger partial charge >= 0.3 is 0 Å². The van der Waals surface area contributed by atoms with Crippen molar-refractivity contribution >= 4 is 36.4 Å². The number of carbonyl (C=O) groups excluding carboxylic acids is 1. The number of nitrogens with zero attached hydrogens (tertiary/aromatic N) is 2. The van der Waals surface area contributed by atoms with Crippen LogP contribution in [0.25, 0.3) is 0 Å². The van der Waals surface area contributed by atoms with Crippen molar-refractivity contribution in [1.82, 2.24) is 10.2 Å². The normalized spacial score (nSPS) is 18.5. The second kappa shape index (κ2) is 10.3. The van der Waals surface area contributed by atoms with Gasteiger partial charge in [0.1, 0.15) is 5.82 Å². The number of nitrogens with two attached hydrogens (primary N) is 1. The van der Waals surface area contributed by atoms with Crippen LogP contribution in [0.1, 0.15) is 30.1 Å². The Hall–Kier alpha value is -1.08. The maximum absolute atomic E-state index is 14.5. The summed E-state index contributed by atoms with van der Waals surface area (Å²) in [5, 5.41) is 2.93. The summed E-state index contributed by atoms with van der Waals surface area (Å²) >= 11 is 0. The van der Waals surface area contributed by atoms with E-state index in [1.807, 2.05) is 0 Å². The molecule has 1 atom stereocenters. The summed E-state index contributed by atoms with van der Waals surface area (Å²) in [6.45, 7) is 7.10. The Morgan fingerprint density at radius 2 is 1.92 bits per heavy atom. The van der Waals surface area contributed by atoms with Gasteiger partial charge in [0.05, 0.1) is 5.69 Å². The molecule has 0 aromatic heterocycles. The molecule has 3 rings (SSSR count). The van der Waals surface area contributed by atoms with Gasteiger partial charge in [0, 0.05) is 44.3 Å². The summed E-state index contributed by atoms with van der Waals surface area (Å²) < 4.78 is 14.5. The summed E-state index contributed by atoms with van der Waals surface area (Å²) in [5.74, 6) is -0.0835. The maximum atomic E-state index is 14.5. The Morgan fingerprint density at radius 3 is 2.42 bits per heavy atom. The number of piperazine rings is 1. The molecule has 1 aromatic carbocycles. The standard InChI is InChI=1S/C18H27FN4O.2ClH/c1-2-22-7-9-23(10-8-22)17-6-5-14(11-15(17)19)18(24)21-16(12-20)13-3-4-13;;/h5-6,11,13,16H,2-4,7-10,12,20H2,1H3,(H,21,24);2*1H. The number of halogens is 3. The van der Waals surface area contributed by atoms with Gasteiger partial charge in [0.15, 0.2) is 0 Å². The first kappa shape index (κ1) is 23.0. The predicted octanol–water partition coefficient (Wildman–Crippen LogP) is 2.28. The van der Waals surface area contributed by atoms with Gasteiger partial charge < -0.3 is 20.9 Å². The van der Waals surface area contributed by atoms with Crippen LogP contribution >= 0.6 is 24.8 Å². The molecule has 1 unspecified atom stereocenters. The van der Waals surface area contributed by atoms with Crippen molar-refractivity contribution in [1.29, 1.82) is 0 Å². The van der Waals surface area contributed by atoms with E-state index in [0.717, 1.165) is 45.6 Å². The van der Waals surface area contributed by atoms with Crippen LogP contribution in [-0.4, -0.2) is 56.1 Å². The number of rotatable bonds is 6. The van der Waals surface area contributed by atoms with Crippen LogP contribution < -0.4 is 16.0 Å². The number of hydrogen-bond acceptors (Lipinski definition) is 4. The van der Waals surface area contributed by atoms with Crippen molar-refractivity contribution in [3.63, 3.8) is 0 Å². The fourth-order valence-electron chi connectivity index (χ4n) is 3.33. The predicted molar refractivity (Wildman–Crippen MR) is 108 cm³/mol. The molecule has 1 aliphatic heterocycles. The van der Waals surface area contributed by atoms with Crippen molar-refractivity contribution < 1.29 is 9.18 Å². The molecule has 3 N–H and O–H groups in total. The lowest BCUT2D eigenvalue weighted by atomic mass is 10.1. The van der Waals surface area contributed by atoms with Crippen LogP contribution in [0.2, 0.25) is 0 Å². The number of nitrogens with one attached hydrogen (secondary N) is 1. The average Bonchev–Trinajstić information content (AvgIpc) is 3.44. The van der Waals surface area contributed by atoms with Gasteiger partial charge in [-0.1, -0.05) is 6.92 Å². The number of hydrogen-bond donors (Lipinski definition) is 2. The lowest BCUT2D eigenvalue weighted by Crippen LogP contribution is -2.46. The largest absolute Gasteiger partial charge is 0.367 e. The van der Waals surface area contributed by atoms with Gasteiger partial charge in [0.2, 0.25) is 0 Å². The first-order chi connectivity index (χ1) is 11.6. The highest BCUT2D eigenvalue weighted by Gasteiger charge is 2.31. The van der Waals surface area contributed by atoms with E-state index in [0.29, 0.717) is 23.7 Å². The van der Waals surface area contributed by atoms with E-state index >= 15 is 0 Å². The van der Waals surface area contributed by atoms with Gasteiger partial charge in [-0.15, -0.1) is 24.8 Å². The minimum Gasteiger partial charge on any atom is -0.367 e. The van der Waals surface area contributed by atoms with Gasteiger partial charge in [-0.05, 0) is 43.5 Å². The van der Waals surface area contributed by atoms with Crippen molar-refractivity contribution in [2.24, 2.45) is 11.7 Å². The second-order valence-corrected chi connectivity index (χ2v) is 6.74. The molecule has 0 radical (unpaired) electrons. The van der Waals surface area contributed by atoms with Crippen molar-refractivity contribution in [2.75, 3.05) is 44.2 Å². The summed E-state index contributed by atoms with van der Waals surface area (Å²) in [4.78, 5) is 16.7. The Morgan fingerprint density at radius 1 is 1.27 bits per heavy atom. The zero-order valence-electron chi connectivity index (χ0n) is 15.1. The van der Waals surface area contributed by atoms with E-state index < -0.39 is 0 Å². The Labute approximate surface area is 167 Å². The molecular formula is C18H29Cl2FN4O. The second-order valence-electron chi connectivity index (χ2n) is 6.74. The SMILES string of the molecule is CCN1CCN(c2ccc(C(=O)NC(CN)C3CC3)cc2F)CC1.Cl.Cl. The summed E-state index contributed by atoms with van der Waals surface area (Å²) in [5.41, 5.74) is 6.66. The van der Waals surface area contributed by atoms with Crippen LogP contribution in [0.15, 0.2) is 18.2 Å². The van der Waals surface area contributed by atoms with Crippen LogP contribution in [0.4, 0.5) is 10.1 Å². The highest BCUT2D eigenvalue weighted by Crippen LogP contribution is 2.32. The van der Waals surface area contributed by atoms with Crippen molar-refractivity contribution in [3.8, 4) is 0 Å². The molecular weight excluding hydrogens is 378 g/mol. The Balaban J connectivity index is 0.00000169. The topological polar surface area (TPSA) is 61.6 Å². The minimum atomic E-state index is -0.330. The van der Waals surface area contributed by atoms with Crippen molar-refractivity contribution in [3.05, 3.63) is 29.6 Å². The highest BCUT2D eigenvalue weighted by molar-refractivity contribution is 5.94. The molecule has 1 heterocycles. The van der Waals surface area contributed by atoms with Crippen LogP contribution in [0.3, 0.4) is 0 Å². The van der Waals surface area contributed by atoms with Gasteiger partial charge in [-0.25, -0.2) is 4.39 Å². The first-order valence-corrected chi connectivity index (χ1v) is 8.90. The first-order valence-electron chi connectivity index (χ1n) is 8.90. The van der Waals surface area contributed by atoms with E-state index in [1.54, 1.807) is 12.1 Å². The van der Waals surface area contributed by atoms with Gasteiger partial charge in [-0.3, -0.25) is 4.79 Å². The third kappa shape index (κ3) is 5.46. The van der Waals surface area contributed by atoms with Crippen molar-refractivity contribution in [2.45, 2.75) is 25.8 Å². The summed E-state index contributed by atoms with van der Waals surface area (Å²) in [6.07, 6.45) is 2.22. The van der Waals surface area contributed by atoms with E-state index in [-0.39, 0.29) is 42.6 Å². The zero-order valence-corrected chi connectivity index (χ0v) is 16.8. The van der Waals surface area contributed by atoms with Gasteiger partial charge in [-0.2, -0.15) is 0 Å². The highest BCUT2D eigenvalue weighted by atomic mass is 35.5. The van der Waals surface area contributed by atoms with Crippen LogP contribution in [-0.2, 0) is 0 Å². The molecule has 1 amide bonds. The number of carbonyl (C=O) groups is 1. The van der Waals surface area contributed by atoms with E-state index in [9.17, 15) is 9.18 Å². The molecule has 1 saturated heterocycles. The third-order valence-corrected chi connectivity index (χ3v) is 5.13. The fourth-order valence-corrected chi connectivity index (χ4v) is 3.33. The zero-order chi connectivity index (χ0) is 17.1. The quantitative estimate of drug-likeness (QED) is 0.760. The minimum absolute atomic E-state index is 0. The molecule has 1 aromatic rings. The molecule has 0 bridgehead atoms. The van der Waals surface area contributed by atoms with E-state index in [4.69, 9.17) is 5.73 Å². The molecule has 8 heteroatoms. The molecule has 1 aliphatic carbocycles. The van der Waals surface area contributed by atoms with Gasteiger partial charge in [0.25, 0.3) is 5.91 Å². The van der Waals surface area contributed by atoms with Crippen LogP contribution in [0.5, 0.6) is 0 Å². The number of likely N-dealkylation sites (N-methyl/N-ethyl adjacent to an activating group) is 1. The molecule has 5 nitrogen and oxygen atoms in total. The third-order valence-electron chi connectivity index (χ3n) is 5.13. The molecule has 1 saturated carbocycles. The molecule has 0 spiro atoms. The van der Waals surface area contributed by atoms with E-state index in [2.05, 4.69) is 22.0 Å². The number of benzene rings is 1. The molecule has 26 heavy (non-hydrogen) atoms. The lowest BCUT2D eigenvalue weighted by Gasteiger charge is -2.35. The number of amides is 1. The smallest absolute Gasteiger partial charge is 0.251 e. The summed E-state index contributed by atoms with van der Waals surface area (Å²) in [7, 11) is 0. The Bertz CT molecular complexity index is 593.